The Morgan fingerprint density at radius 1 is 0.947 bits per heavy atom. The predicted molar refractivity (Wildman–Crippen MR) is 145 cm³/mol. The van der Waals surface area contributed by atoms with E-state index in [1.165, 1.54) is 0 Å². The number of ether oxygens (including phenoxy) is 3. The summed E-state index contributed by atoms with van der Waals surface area (Å²) in [4.78, 5) is 28.7. The summed E-state index contributed by atoms with van der Waals surface area (Å²) in [5.74, 6) is 1.61. The maximum Gasteiger partial charge on any atom is 0.326 e. The Labute approximate surface area is 222 Å². The Balaban J connectivity index is 1.38. The summed E-state index contributed by atoms with van der Waals surface area (Å²) < 4.78 is 17.3. The molecular weight excluding hydrogens is 488 g/mol. The highest BCUT2D eigenvalue weighted by molar-refractivity contribution is 5.67. The summed E-state index contributed by atoms with van der Waals surface area (Å²) in [6.45, 7) is 5.10. The van der Waals surface area contributed by atoms with Crippen molar-refractivity contribution in [2.24, 2.45) is 0 Å². The molecule has 38 heavy (non-hydrogen) atoms. The van der Waals surface area contributed by atoms with Gasteiger partial charge < -0.3 is 34.4 Å². The zero-order valence-electron chi connectivity index (χ0n) is 22.0. The molecule has 2 aromatic carbocycles. The topological polar surface area (TPSA) is 122 Å². The van der Waals surface area contributed by atoms with Gasteiger partial charge in [0.05, 0.1) is 7.11 Å². The Morgan fingerprint density at radius 2 is 1.61 bits per heavy atom. The number of piperazine rings is 1. The quantitative estimate of drug-likeness (QED) is 0.340. The molecular formula is C27H34N6O5. The second kappa shape index (κ2) is 12.8. The Morgan fingerprint density at radius 3 is 2.21 bits per heavy atom. The Hall–Kier alpha value is -4.28. The van der Waals surface area contributed by atoms with Crippen LogP contribution in [0.4, 0.5) is 17.6 Å². The van der Waals surface area contributed by atoms with Crippen molar-refractivity contribution in [3.8, 4) is 17.5 Å². The number of anilines is 3. The highest BCUT2D eigenvalue weighted by Crippen LogP contribution is 2.24. The molecule has 0 amide bonds. The fraction of sp³-hybridized carbons (Fsp3) is 0.407. The average Bonchev–Trinajstić information content (AvgIpc) is 2.96. The third-order valence-corrected chi connectivity index (χ3v) is 6.22. The van der Waals surface area contributed by atoms with Crippen LogP contribution in [0, 0.1) is 0 Å². The van der Waals surface area contributed by atoms with Crippen LogP contribution >= 0.6 is 0 Å². The van der Waals surface area contributed by atoms with Gasteiger partial charge in [-0.3, -0.25) is 4.79 Å². The van der Waals surface area contributed by atoms with Gasteiger partial charge >= 0.3 is 12.0 Å². The van der Waals surface area contributed by atoms with Crippen LogP contribution in [-0.4, -0.2) is 72.7 Å². The van der Waals surface area contributed by atoms with E-state index in [2.05, 4.69) is 42.2 Å². The van der Waals surface area contributed by atoms with Crippen LogP contribution in [0.1, 0.15) is 25.3 Å². The fourth-order valence-electron chi connectivity index (χ4n) is 4.06. The van der Waals surface area contributed by atoms with E-state index in [9.17, 15) is 4.79 Å². The van der Waals surface area contributed by atoms with Crippen molar-refractivity contribution in [1.82, 2.24) is 15.0 Å². The Bertz CT molecular complexity index is 1180. The monoisotopic (exact) mass is 522 g/mol. The smallest absolute Gasteiger partial charge is 0.326 e. The number of carbonyl (C=O) groups is 1. The van der Waals surface area contributed by atoms with Crippen LogP contribution < -0.4 is 29.3 Å². The van der Waals surface area contributed by atoms with Crippen LogP contribution in [0.5, 0.6) is 17.5 Å². The molecule has 0 spiro atoms. The molecule has 11 heteroatoms. The average molecular weight is 523 g/mol. The predicted octanol–water partition coefficient (Wildman–Crippen LogP) is 3.46. The molecule has 1 aliphatic heterocycles. The minimum atomic E-state index is -0.818. The van der Waals surface area contributed by atoms with Crippen molar-refractivity contribution in [3.05, 3.63) is 54.1 Å². The number of benzene rings is 2. The minimum absolute atomic E-state index is 0.0902. The molecule has 1 atom stereocenters. The normalized spacial score (nSPS) is 14.1. The maximum atomic E-state index is 10.8. The van der Waals surface area contributed by atoms with Gasteiger partial charge in [-0.15, -0.1) is 0 Å². The van der Waals surface area contributed by atoms with E-state index < -0.39 is 12.3 Å². The number of carboxylic acids is 1. The number of methoxy groups -OCH3 is 1. The molecule has 0 bridgehead atoms. The van der Waals surface area contributed by atoms with Crippen LogP contribution in [0.15, 0.2) is 48.5 Å². The van der Waals surface area contributed by atoms with Crippen molar-refractivity contribution in [2.45, 2.75) is 32.5 Å². The number of nitrogens with one attached hydrogen (secondary N) is 1. The highest BCUT2D eigenvalue weighted by atomic mass is 16.7. The summed E-state index contributed by atoms with van der Waals surface area (Å²) in [6, 6.07) is 15.6. The van der Waals surface area contributed by atoms with Gasteiger partial charge in [0.25, 0.3) is 0 Å². The van der Waals surface area contributed by atoms with Crippen LogP contribution in [0.3, 0.4) is 0 Å². The molecule has 2 N–H and O–H groups in total. The van der Waals surface area contributed by atoms with Crippen LogP contribution in [0.25, 0.3) is 0 Å². The first-order valence-corrected chi connectivity index (χ1v) is 12.7. The summed E-state index contributed by atoms with van der Waals surface area (Å²) in [5, 5.41) is 11.9. The van der Waals surface area contributed by atoms with E-state index >= 15 is 0 Å². The first kappa shape index (κ1) is 26.8. The number of aryl methyl sites for hydroxylation is 1. The molecule has 1 unspecified atom stereocenters. The zero-order chi connectivity index (χ0) is 26.9. The van der Waals surface area contributed by atoms with Crippen LogP contribution in [0.2, 0.25) is 0 Å². The zero-order valence-corrected chi connectivity index (χ0v) is 22.0. The number of rotatable bonds is 12. The van der Waals surface area contributed by atoms with Gasteiger partial charge in [-0.1, -0.05) is 19.1 Å². The maximum absolute atomic E-state index is 10.8. The first-order chi connectivity index (χ1) is 18.5. The summed E-state index contributed by atoms with van der Waals surface area (Å²) in [6.07, 6.45) is 0.522. The number of carboxylic acid groups (broad SMARTS) is 1. The molecule has 0 saturated carbocycles. The highest BCUT2D eigenvalue weighted by Gasteiger charge is 2.22. The van der Waals surface area contributed by atoms with Crippen molar-refractivity contribution < 1.29 is 24.1 Å². The van der Waals surface area contributed by atoms with Crippen molar-refractivity contribution in [3.63, 3.8) is 0 Å². The summed E-state index contributed by atoms with van der Waals surface area (Å²) in [7, 11) is 3.42. The lowest BCUT2D eigenvalue weighted by atomic mass is 10.1. The van der Waals surface area contributed by atoms with Gasteiger partial charge in [-0.2, -0.15) is 15.0 Å². The molecule has 1 aliphatic rings. The van der Waals surface area contributed by atoms with Crippen molar-refractivity contribution >= 4 is 23.6 Å². The van der Waals surface area contributed by atoms with E-state index in [0.717, 1.165) is 43.2 Å². The van der Waals surface area contributed by atoms with Gasteiger partial charge in [0.2, 0.25) is 18.2 Å². The number of aromatic nitrogens is 3. The third kappa shape index (κ3) is 7.15. The van der Waals surface area contributed by atoms with Crippen molar-refractivity contribution in [2.75, 3.05) is 55.5 Å². The SMILES string of the molecule is CCC(Oc1ccc(CCC(=O)O)cc1)Oc1nc(NC)nc(N2CCN(c3ccc(OC)cc3)CC2)n1. The first-order valence-electron chi connectivity index (χ1n) is 12.7. The largest absolute Gasteiger partial charge is 0.497 e. The molecule has 3 aromatic rings. The lowest BCUT2D eigenvalue weighted by Gasteiger charge is -2.36. The number of hydrogen-bond donors (Lipinski definition) is 2. The van der Waals surface area contributed by atoms with Gasteiger partial charge in [-0.25, -0.2) is 0 Å². The minimum Gasteiger partial charge on any atom is -0.497 e. The fourth-order valence-corrected chi connectivity index (χ4v) is 4.06. The summed E-state index contributed by atoms with van der Waals surface area (Å²) >= 11 is 0. The van der Waals surface area contributed by atoms with Gasteiger partial charge in [-0.05, 0) is 48.4 Å². The number of nitrogens with zero attached hydrogens (tertiary/aromatic N) is 5. The van der Waals surface area contributed by atoms with E-state index in [-0.39, 0.29) is 12.4 Å². The lowest BCUT2D eigenvalue weighted by Crippen LogP contribution is -2.47. The molecule has 202 valence electrons. The molecule has 1 fully saturated rings. The second-order valence-corrected chi connectivity index (χ2v) is 8.77. The van der Waals surface area contributed by atoms with Gasteiger partial charge in [0.1, 0.15) is 11.5 Å². The van der Waals surface area contributed by atoms with Gasteiger partial charge in [0.15, 0.2) is 0 Å². The second-order valence-electron chi connectivity index (χ2n) is 8.77. The molecule has 2 heterocycles. The van der Waals surface area contributed by atoms with Crippen molar-refractivity contribution in [1.29, 1.82) is 0 Å². The standard InChI is InChI=1S/C27H34N6O5/c1-4-24(37-22-10-5-19(6-11-22)7-14-23(34)35)38-27-30-25(28-2)29-26(31-27)33-17-15-32(16-18-33)20-8-12-21(36-3)13-9-20/h5-6,8-13,24H,4,7,14-18H2,1-3H3,(H,34,35)(H,28,29,30,31). The van der Waals surface area contributed by atoms with E-state index in [1.54, 1.807) is 14.2 Å². The molecule has 4 rings (SSSR count). The molecule has 0 radical (unpaired) electrons. The third-order valence-electron chi connectivity index (χ3n) is 6.22. The number of aliphatic carboxylic acids is 1. The molecule has 1 saturated heterocycles. The number of hydrogen-bond acceptors (Lipinski definition) is 10. The molecule has 1 aromatic heterocycles. The van der Waals surface area contributed by atoms with Gasteiger partial charge in [0, 0.05) is 51.8 Å². The van der Waals surface area contributed by atoms with E-state index in [4.69, 9.17) is 19.3 Å². The Kier molecular flexibility index (Phi) is 9.02. The van der Waals surface area contributed by atoms with E-state index in [0.29, 0.717) is 30.5 Å². The van der Waals surface area contributed by atoms with Crippen LogP contribution in [-0.2, 0) is 11.2 Å². The van der Waals surface area contributed by atoms with E-state index in [1.807, 2.05) is 43.3 Å². The lowest BCUT2D eigenvalue weighted by molar-refractivity contribution is -0.136. The summed E-state index contributed by atoms with van der Waals surface area (Å²) in [5.41, 5.74) is 2.08. The molecule has 0 aliphatic carbocycles. The molecule has 11 nitrogen and oxygen atoms in total.